The quantitative estimate of drug-likeness (QED) is 0.701. The Hall–Kier alpha value is -0.790. The summed E-state index contributed by atoms with van der Waals surface area (Å²) in [5, 5.41) is 1.14. The van der Waals surface area contributed by atoms with E-state index < -0.39 is 0 Å². The van der Waals surface area contributed by atoms with Crippen molar-refractivity contribution in [2.75, 3.05) is 0 Å². The summed E-state index contributed by atoms with van der Waals surface area (Å²) in [7, 11) is 0. The largest absolute Gasteiger partial charge is 0.295 e. The van der Waals surface area contributed by atoms with E-state index >= 15 is 0 Å². The van der Waals surface area contributed by atoms with Crippen LogP contribution in [0.2, 0.25) is 10.0 Å². The average Bonchev–Trinajstić information content (AvgIpc) is 2.01. The van der Waals surface area contributed by atoms with Gasteiger partial charge < -0.3 is 0 Å². The van der Waals surface area contributed by atoms with Gasteiger partial charge in [0.05, 0.1) is 0 Å². The van der Waals surface area contributed by atoms with E-state index in [0.717, 1.165) is 5.56 Å². The zero-order valence-corrected chi connectivity index (χ0v) is 9.49. The summed E-state index contributed by atoms with van der Waals surface area (Å²) in [6.07, 6.45) is 1.76. The molecule has 74 valence electrons. The molecule has 0 fully saturated rings. The lowest BCUT2D eigenvalue weighted by atomic mass is 10.1. The summed E-state index contributed by atoms with van der Waals surface area (Å²) in [5.74, 6) is 0.0427. The minimum Gasteiger partial charge on any atom is -0.295 e. The van der Waals surface area contributed by atoms with Crippen LogP contribution in [0.15, 0.2) is 23.8 Å². The first-order valence-electron chi connectivity index (χ1n) is 4.14. The average molecular weight is 229 g/mol. The van der Waals surface area contributed by atoms with E-state index in [-0.39, 0.29) is 5.78 Å². The SMILES string of the molecule is CC(=O)/C(C)=C/c1cc(Cl)cc(Cl)c1. The second kappa shape index (κ2) is 4.63. The van der Waals surface area contributed by atoms with E-state index in [1.54, 1.807) is 31.2 Å². The van der Waals surface area contributed by atoms with Crippen LogP contribution in [-0.4, -0.2) is 5.78 Å². The summed E-state index contributed by atoms with van der Waals surface area (Å²) >= 11 is 11.6. The highest BCUT2D eigenvalue weighted by Crippen LogP contribution is 2.20. The minimum atomic E-state index is 0.0427. The van der Waals surface area contributed by atoms with Gasteiger partial charge in [-0.2, -0.15) is 0 Å². The third-order valence-electron chi connectivity index (χ3n) is 1.82. The van der Waals surface area contributed by atoms with Crippen LogP contribution in [0.4, 0.5) is 0 Å². The number of carbonyl (C=O) groups is 1. The van der Waals surface area contributed by atoms with Gasteiger partial charge in [-0.25, -0.2) is 0 Å². The van der Waals surface area contributed by atoms with Crippen molar-refractivity contribution in [3.63, 3.8) is 0 Å². The Labute approximate surface area is 93.3 Å². The third-order valence-corrected chi connectivity index (χ3v) is 2.26. The molecule has 0 aliphatic rings. The Balaban J connectivity index is 3.08. The summed E-state index contributed by atoms with van der Waals surface area (Å²) in [6, 6.07) is 5.18. The predicted molar refractivity (Wildman–Crippen MR) is 60.8 cm³/mol. The second-order valence-electron chi connectivity index (χ2n) is 3.09. The lowest BCUT2D eigenvalue weighted by Gasteiger charge is -1.99. The number of benzene rings is 1. The molecule has 14 heavy (non-hydrogen) atoms. The molecular formula is C11H10Cl2O. The first kappa shape index (κ1) is 11.3. The highest BCUT2D eigenvalue weighted by molar-refractivity contribution is 6.34. The lowest BCUT2D eigenvalue weighted by Crippen LogP contribution is -1.90. The van der Waals surface area contributed by atoms with Crippen molar-refractivity contribution >= 4 is 35.1 Å². The number of carbonyl (C=O) groups excluding carboxylic acids is 1. The number of halogens is 2. The number of hydrogen-bond donors (Lipinski definition) is 0. The molecule has 0 heterocycles. The van der Waals surface area contributed by atoms with Crippen LogP contribution in [0.5, 0.6) is 0 Å². The van der Waals surface area contributed by atoms with Crippen LogP contribution < -0.4 is 0 Å². The van der Waals surface area contributed by atoms with Gasteiger partial charge in [0, 0.05) is 10.0 Å². The molecule has 3 heteroatoms. The first-order valence-corrected chi connectivity index (χ1v) is 4.90. The smallest absolute Gasteiger partial charge is 0.155 e. The van der Waals surface area contributed by atoms with Gasteiger partial charge in [0.25, 0.3) is 0 Å². The van der Waals surface area contributed by atoms with Gasteiger partial charge in [0.2, 0.25) is 0 Å². The molecule has 0 aliphatic heterocycles. The van der Waals surface area contributed by atoms with E-state index in [1.165, 1.54) is 6.92 Å². The summed E-state index contributed by atoms with van der Waals surface area (Å²) in [5.41, 5.74) is 1.53. The molecule has 0 aliphatic carbocycles. The van der Waals surface area contributed by atoms with Gasteiger partial charge >= 0.3 is 0 Å². The Morgan fingerprint density at radius 2 is 1.64 bits per heavy atom. The van der Waals surface area contributed by atoms with Crippen molar-refractivity contribution in [3.8, 4) is 0 Å². The molecule has 0 amide bonds. The predicted octanol–water partition coefficient (Wildman–Crippen LogP) is 3.99. The fraction of sp³-hybridized carbons (Fsp3) is 0.182. The van der Waals surface area contributed by atoms with Crippen molar-refractivity contribution in [1.29, 1.82) is 0 Å². The molecule has 1 nitrogen and oxygen atoms in total. The highest BCUT2D eigenvalue weighted by atomic mass is 35.5. The molecule has 0 atom stereocenters. The fourth-order valence-corrected chi connectivity index (χ4v) is 1.55. The van der Waals surface area contributed by atoms with E-state index in [9.17, 15) is 4.79 Å². The number of Topliss-reactive ketones (excluding diaryl/α,β-unsaturated/α-hetero) is 1. The van der Waals surface area contributed by atoms with Gasteiger partial charge in [0.1, 0.15) is 0 Å². The Morgan fingerprint density at radius 1 is 1.14 bits per heavy atom. The van der Waals surface area contributed by atoms with Gasteiger partial charge in [0.15, 0.2) is 5.78 Å². The maximum absolute atomic E-state index is 11.0. The van der Waals surface area contributed by atoms with Gasteiger partial charge in [-0.1, -0.05) is 23.2 Å². The van der Waals surface area contributed by atoms with Gasteiger partial charge in [-0.3, -0.25) is 4.79 Å². The summed E-state index contributed by atoms with van der Waals surface area (Å²) < 4.78 is 0. The zero-order valence-electron chi connectivity index (χ0n) is 7.97. The zero-order chi connectivity index (χ0) is 10.7. The van der Waals surface area contributed by atoms with Crippen LogP contribution in [0.3, 0.4) is 0 Å². The van der Waals surface area contributed by atoms with Crippen LogP contribution in [0.1, 0.15) is 19.4 Å². The van der Waals surface area contributed by atoms with E-state index in [2.05, 4.69) is 0 Å². The standard InChI is InChI=1S/C11H10Cl2O/c1-7(8(2)14)3-9-4-10(12)6-11(13)5-9/h3-6H,1-2H3/b7-3+. The molecular weight excluding hydrogens is 219 g/mol. The Morgan fingerprint density at radius 3 is 2.07 bits per heavy atom. The molecule has 1 aromatic rings. The highest BCUT2D eigenvalue weighted by Gasteiger charge is 1.99. The molecule has 0 radical (unpaired) electrons. The normalized spacial score (nSPS) is 11.6. The van der Waals surface area contributed by atoms with Crippen LogP contribution in [0, 0.1) is 0 Å². The van der Waals surface area contributed by atoms with Crippen molar-refractivity contribution in [2.45, 2.75) is 13.8 Å². The van der Waals surface area contributed by atoms with Crippen LogP contribution in [0.25, 0.3) is 6.08 Å². The molecule has 0 saturated carbocycles. The van der Waals surface area contributed by atoms with E-state index in [4.69, 9.17) is 23.2 Å². The van der Waals surface area contributed by atoms with Crippen molar-refractivity contribution in [3.05, 3.63) is 39.4 Å². The van der Waals surface area contributed by atoms with Gasteiger partial charge in [-0.05, 0) is 49.3 Å². The number of allylic oxidation sites excluding steroid dienone is 1. The van der Waals surface area contributed by atoms with Crippen LogP contribution in [-0.2, 0) is 4.79 Å². The maximum Gasteiger partial charge on any atom is 0.155 e. The molecule has 0 spiro atoms. The number of hydrogen-bond acceptors (Lipinski definition) is 1. The summed E-state index contributed by atoms with van der Waals surface area (Å²) in [4.78, 5) is 11.0. The molecule has 0 saturated heterocycles. The monoisotopic (exact) mass is 228 g/mol. The van der Waals surface area contributed by atoms with Crippen molar-refractivity contribution < 1.29 is 4.79 Å². The molecule has 0 aromatic heterocycles. The maximum atomic E-state index is 11.0. The topological polar surface area (TPSA) is 17.1 Å². The molecule has 0 N–H and O–H groups in total. The summed E-state index contributed by atoms with van der Waals surface area (Å²) in [6.45, 7) is 3.29. The third kappa shape index (κ3) is 3.17. The Bertz CT molecular complexity index is 374. The van der Waals surface area contributed by atoms with Crippen molar-refractivity contribution in [1.82, 2.24) is 0 Å². The minimum absolute atomic E-state index is 0.0427. The Kier molecular flexibility index (Phi) is 3.73. The number of rotatable bonds is 2. The van der Waals surface area contributed by atoms with Crippen molar-refractivity contribution in [2.24, 2.45) is 0 Å². The first-order chi connectivity index (χ1) is 6.49. The molecule has 1 aromatic carbocycles. The number of ketones is 1. The van der Waals surface area contributed by atoms with Gasteiger partial charge in [-0.15, -0.1) is 0 Å². The molecule has 0 bridgehead atoms. The second-order valence-corrected chi connectivity index (χ2v) is 3.96. The fourth-order valence-electron chi connectivity index (χ4n) is 1.01. The van der Waals surface area contributed by atoms with E-state index in [0.29, 0.717) is 15.6 Å². The molecule has 1 rings (SSSR count). The van der Waals surface area contributed by atoms with Crippen LogP contribution >= 0.6 is 23.2 Å². The van der Waals surface area contributed by atoms with E-state index in [1.807, 2.05) is 0 Å². The lowest BCUT2D eigenvalue weighted by molar-refractivity contribution is -0.113. The molecule has 0 unspecified atom stereocenters.